The van der Waals surface area contributed by atoms with Crippen LogP contribution in [0.1, 0.15) is 293 Å². The molecule has 0 spiro atoms. The van der Waals surface area contributed by atoms with E-state index in [0.29, 0.717) is 0 Å². The van der Waals surface area contributed by atoms with Gasteiger partial charge in [0.05, 0.1) is 5.57 Å². The number of hydrogen-bond donors (Lipinski definition) is 0. The summed E-state index contributed by atoms with van der Waals surface area (Å²) in [6, 6.07) is 18.5. The molecule has 0 fully saturated rings. The molecule has 0 atom stereocenters. The van der Waals surface area contributed by atoms with E-state index in [9.17, 15) is 5.53 Å². The van der Waals surface area contributed by atoms with Crippen molar-refractivity contribution >= 4 is 11.4 Å². The van der Waals surface area contributed by atoms with E-state index in [0.717, 1.165) is 37.7 Å². The van der Waals surface area contributed by atoms with Gasteiger partial charge >= 0.3 is 5.87 Å². The Labute approximate surface area is 386 Å². The van der Waals surface area contributed by atoms with Crippen LogP contribution >= 0.6 is 0 Å². The number of benzene rings is 2. The molecule has 0 saturated heterocycles. The Morgan fingerprint density at radius 1 is 0.403 bits per heavy atom. The molecular weight excluding hydrogens is 749 g/mol. The van der Waals surface area contributed by atoms with Crippen LogP contribution in [0.15, 0.2) is 60.2 Å². The van der Waals surface area contributed by atoms with E-state index < -0.39 is 0 Å². The fourth-order valence-corrected chi connectivity index (χ4v) is 9.31. The van der Waals surface area contributed by atoms with Crippen LogP contribution in [-0.2, 0) is 12.8 Å². The Hall–Kier alpha value is -2.66. The van der Waals surface area contributed by atoms with Crippen molar-refractivity contribution < 1.29 is 4.79 Å². The Kier molecular flexibility index (Phi) is 37.8. The normalized spacial score (nSPS) is 11.6. The van der Waals surface area contributed by atoms with Crippen molar-refractivity contribution in [2.24, 2.45) is 0 Å². The molecule has 2 aromatic carbocycles. The van der Waals surface area contributed by atoms with Gasteiger partial charge in [-0.25, -0.2) is 0 Å². The van der Waals surface area contributed by atoms with Crippen LogP contribution in [0, 0.1) is 0 Å². The fraction of sp³-hybridized carbons (Fsp3) is 0.733. The van der Waals surface area contributed by atoms with Gasteiger partial charge in [-0.15, -0.1) is 4.79 Å². The molecule has 2 rings (SSSR count). The smallest absolute Gasteiger partial charge is 0.303 e. The molecule has 0 aliphatic rings. The SMILES string of the molecule is CCCCCCCCCCCCCCCCCCCCCCCCCCc1cccc(C(=CC(=C=[N+]=[N-])CCCC)c2ccc(CCCCCCCCCCCCCC)cc2)c1. The predicted octanol–water partition coefficient (Wildman–Crippen LogP) is 20.3. The standard InChI is InChI=1S/C60H100N2/c1-4-7-10-12-14-16-18-20-21-22-23-24-25-26-27-28-29-30-31-33-35-37-39-41-45-56-46-42-47-59(52-56)60(53-57(54-62-61)43-9-6-3)58-50-48-55(49-51-58)44-40-38-36-34-32-19-17-15-13-11-8-5-2/h42,46-53H,4-41,43-45H2,1-3H3. The molecular formula is C60H100N2. The zero-order chi connectivity index (χ0) is 44.2. The molecule has 0 amide bonds. The lowest BCUT2D eigenvalue weighted by atomic mass is 9.92. The minimum atomic E-state index is 0.861. The van der Waals surface area contributed by atoms with Gasteiger partial charge in [0.2, 0.25) is 0 Å². The van der Waals surface area contributed by atoms with E-state index in [-0.39, 0.29) is 0 Å². The maximum absolute atomic E-state index is 9.45. The lowest BCUT2D eigenvalue weighted by Crippen LogP contribution is -1.95. The van der Waals surface area contributed by atoms with Gasteiger partial charge in [-0.1, -0.05) is 294 Å². The van der Waals surface area contributed by atoms with E-state index >= 15 is 0 Å². The number of rotatable bonds is 44. The number of aryl methyl sites for hydroxylation is 2. The molecule has 0 aliphatic carbocycles. The van der Waals surface area contributed by atoms with Gasteiger partial charge in [-0.2, -0.15) is 0 Å². The Bertz CT molecular complexity index is 1400. The second kappa shape index (κ2) is 42.3. The highest BCUT2D eigenvalue weighted by Crippen LogP contribution is 2.28. The first kappa shape index (κ1) is 55.5. The molecule has 0 unspecified atom stereocenters. The van der Waals surface area contributed by atoms with Gasteiger partial charge in [0, 0.05) is 0 Å². The summed E-state index contributed by atoms with van der Waals surface area (Å²) in [6.45, 7) is 6.81. The first-order valence-electron chi connectivity index (χ1n) is 27.6. The highest BCUT2D eigenvalue weighted by molar-refractivity contribution is 5.83. The molecule has 0 saturated carbocycles. The summed E-state index contributed by atoms with van der Waals surface area (Å²) in [5.74, 6) is 2.90. The van der Waals surface area contributed by atoms with Gasteiger partial charge in [-0.3, -0.25) is 0 Å². The lowest BCUT2D eigenvalue weighted by Gasteiger charge is -2.12. The average Bonchev–Trinajstić information content (AvgIpc) is 3.29. The summed E-state index contributed by atoms with van der Waals surface area (Å²) in [6.07, 6.45) is 58.5. The van der Waals surface area contributed by atoms with Crippen LogP contribution in [0.4, 0.5) is 0 Å². The average molecular weight is 849 g/mol. The molecule has 2 nitrogen and oxygen atoms in total. The molecule has 62 heavy (non-hydrogen) atoms. The third kappa shape index (κ3) is 31.2. The number of unbranched alkanes of at least 4 members (excludes halogenated alkanes) is 35. The zero-order valence-electron chi connectivity index (χ0n) is 41.6. The summed E-state index contributed by atoms with van der Waals surface area (Å²) >= 11 is 0. The van der Waals surface area contributed by atoms with E-state index in [2.05, 4.69) is 86.0 Å². The van der Waals surface area contributed by atoms with Crippen LogP contribution < -0.4 is 0 Å². The molecule has 0 N–H and O–H groups in total. The summed E-state index contributed by atoms with van der Waals surface area (Å²) < 4.78 is 0. The van der Waals surface area contributed by atoms with Gasteiger partial charge in [-0.05, 0) is 72.4 Å². The molecule has 0 radical (unpaired) electrons. The lowest BCUT2D eigenvalue weighted by molar-refractivity contribution is 0.00746. The van der Waals surface area contributed by atoms with E-state index in [1.807, 2.05) is 0 Å². The highest BCUT2D eigenvalue weighted by Gasteiger charge is 2.10. The molecule has 2 heteroatoms. The number of hydrogen-bond acceptors (Lipinski definition) is 0. The van der Waals surface area contributed by atoms with Crippen molar-refractivity contribution in [2.75, 3.05) is 0 Å². The molecule has 2 aromatic rings. The van der Waals surface area contributed by atoms with Crippen molar-refractivity contribution in [2.45, 2.75) is 284 Å². The van der Waals surface area contributed by atoms with E-state index in [1.54, 1.807) is 0 Å². The first-order valence-corrected chi connectivity index (χ1v) is 27.6. The summed E-state index contributed by atoms with van der Waals surface area (Å²) in [5.41, 5.74) is 16.9. The van der Waals surface area contributed by atoms with Crippen molar-refractivity contribution in [1.29, 1.82) is 0 Å². The number of nitrogens with zero attached hydrogens (tertiary/aromatic N) is 2. The summed E-state index contributed by atoms with van der Waals surface area (Å²) in [5, 5.41) is 0. The van der Waals surface area contributed by atoms with Crippen molar-refractivity contribution in [1.82, 2.24) is 0 Å². The van der Waals surface area contributed by atoms with E-state index in [1.165, 1.54) is 259 Å². The monoisotopic (exact) mass is 849 g/mol. The maximum Gasteiger partial charge on any atom is 0.303 e. The highest BCUT2D eigenvalue weighted by atomic mass is 14.8. The number of allylic oxidation sites excluding steroid dienone is 2. The fourth-order valence-electron chi connectivity index (χ4n) is 9.31. The first-order chi connectivity index (χ1) is 30.7. The van der Waals surface area contributed by atoms with Gasteiger partial charge < -0.3 is 5.53 Å². The van der Waals surface area contributed by atoms with Crippen molar-refractivity contribution in [3.05, 3.63) is 88.0 Å². The Morgan fingerprint density at radius 3 is 1.13 bits per heavy atom. The van der Waals surface area contributed by atoms with Gasteiger partial charge in [0.1, 0.15) is 0 Å². The maximum atomic E-state index is 9.45. The second-order valence-electron chi connectivity index (χ2n) is 19.3. The topological polar surface area (TPSA) is 36.4 Å². The van der Waals surface area contributed by atoms with Gasteiger partial charge in [0.25, 0.3) is 0 Å². The van der Waals surface area contributed by atoms with Crippen LogP contribution in [-0.4, -0.2) is 10.7 Å². The Balaban J connectivity index is 1.65. The van der Waals surface area contributed by atoms with Gasteiger partial charge in [0.15, 0.2) is 0 Å². The van der Waals surface area contributed by atoms with Crippen LogP contribution in [0.25, 0.3) is 11.1 Å². The minimum absolute atomic E-state index is 0.861. The molecule has 0 heterocycles. The van der Waals surface area contributed by atoms with Crippen LogP contribution in [0.5, 0.6) is 0 Å². The third-order valence-corrected chi connectivity index (χ3v) is 13.5. The molecule has 0 bridgehead atoms. The molecule has 0 aliphatic heterocycles. The molecule has 350 valence electrons. The van der Waals surface area contributed by atoms with Crippen LogP contribution in [0.2, 0.25) is 0 Å². The summed E-state index contributed by atoms with van der Waals surface area (Å²) in [4.78, 5) is 3.33. The zero-order valence-corrected chi connectivity index (χ0v) is 41.6. The Morgan fingerprint density at radius 2 is 0.758 bits per heavy atom. The summed E-state index contributed by atoms with van der Waals surface area (Å²) in [7, 11) is 0. The van der Waals surface area contributed by atoms with Crippen molar-refractivity contribution in [3.8, 4) is 0 Å². The van der Waals surface area contributed by atoms with E-state index in [4.69, 9.17) is 0 Å². The van der Waals surface area contributed by atoms with Crippen molar-refractivity contribution in [3.63, 3.8) is 0 Å². The quantitative estimate of drug-likeness (QED) is 0.0209. The van der Waals surface area contributed by atoms with Crippen LogP contribution in [0.3, 0.4) is 0 Å². The minimum Gasteiger partial charge on any atom is -0.348 e. The third-order valence-electron chi connectivity index (χ3n) is 13.5. The predicted molar refractivity (Wildman–Crippen MR) is 277 cm³/mol. The second-order valence-corrected chi connectivity index (χ2v) is 19.3. The largest absolute Gasteiger partial charge is 0.348 e. The molecule has 0 aromatic heterocycles.